The number of likely N-dealkylation sites (tertiary alicyclic amines) is 1. The first-order chi connectivity index (χ1) is 10.3. The van der Waals surface area contributed by atoms with Crippen molar-refractivity contribution in [2.75, 3.05) is 26.2 Å². The zero-order valence-electron chi connectivity index (χ0n) is 13.5. The molecule has 0 bridgehead atoms. The second-order valence-corrected chi connectivity index (χ2v) is 5.66. The molecule has 2 N–H and O–H groups in total. The molecule has 1 fully saturated rings. The van der Waals surface area contributed by atoms with Crippen molar-refractivity contribution in [3.05, 3.63) is 29.8 Å². The van der Waals surface area contributed by atoms with Crippen LogP contribution in [0.1, 0.15) is 37.7 Å². The highest BCUT2D eigenvalue weighted by Gasteiger charge is 2.10. The third-order valence-corrected chi connectivity index (χ3v) is 3.80. The Morgan fingerprint density at radius 1 is 1.14 bits per heavy atom. The van der Waals surface area contributed by atoms with Gasteiger partial charge in [0.2, 0.25) is 0 Å². The molecule has 1 aromatic carbocycles. The van der Waals surface area contributed by atoms with Crippen LogP contribution in [-0.2, 0) is 0 Å². The summed E-state index contributed by atoms with van der Waals surface area (Å²) in [4.78, 5) is 6.69. The number of halogens is 1. The average molecular weight is 417 g/mol. The van der Waals surface area contributed by atoms with Crippen molar-refractivity contribution in [1.29, 1.82) is 0 Å². The summed E-state index contributed by atoms with van der Waals surface area (Å²) >= 11 is 0. The van der Waals surface area contributed by atoms with Crippen LogP contribution in [0.3, 0.4) is 0 Å². The van der Waals surface area contributed by atoms with E-state index in [9.17, 15) is 0 Å². The molecule has 124 valence electrons. The second kappa shape index (κ2) is 10.7. The standard InChI is InChI=1S/C17H27N3O.HI/c1-15-7-9-16(10-8-15)21-14-6-11-19-17(18)20-12-4-2-3-5-13-20;/h7-10H,2-6,11-14H2,1H3,(H2,18,19);1H. The number of nitrogens with zero attached hydrogens (tertiary/aromatic N) is 2. The Bertz CT molecular complexity index is 440. The molecular weight excluding hydrogens is 389 g/mol. The van der Waals surface area contributed by atoms with Gasteiger partial charge in [-0.15, -0.1) is 24.0 Å². The van der Waals surface area contributed by atoms with Gasteiger partial charge in [0.25, 0.3) is 0 Å². The Morgan fingerprint density at radius 3 is 2.41 bits per heavy atom. The number of aliphatic imine (C=N–C) groups is 1. The molecule has 0 unspecified atom stereocenters. The molecule has 5 heteroatoms. The zero-order valence-corrected chi connectivity index (χ0v) is 15.8. The molecule has 0 saturated carbocycles. The third kappa shape index (κ3) is 6.85. The van der Waals surface area contributed by atoms with E-state index in [1.807, 2.05) is 12.1 Å². The molecule has 1 aliphatic heterocycles. The SMILES string of the molecule is Cc1ccc(OCCCN=C(N)N2CCCCCC2)cc1.I. The molecule has 22 heavy (non-hydrogen) atoms. The molecule has 2 rings (SSSR count). The zero-order chi connectivity index (χ0) is 14.9. The van der Waals surface area contributed by atoms with Gasteiger partial charge in [-0.25, -0.2) is 0 Å². The fourth-order valence-corrected chi connectivity index (χ4v) is 2.48. The maximum absolute atomic E-state index is 6.06. The smallest absolute Gasteiger partial charge is 0.191 e. The predicted molar refractivity (Wildman–Crippen MR) is 103 cm³/mol. The van der Waals surface area contributed by atoms with Gasteiger partial charge in [-0.2, -0.15) is 0 Å². The first-order valence-electron chi connectivity index (χ1n) is 8.00. The molecule has 0 aromatic heterocycles. The Balaban J connectivity index is 0.00000242. The van der Waals surface area contributed by atoms with Crippen molar-refractivity contribution < 1.29 is 4.74 Å². The van der Waals surface area contributed by atoms with Crippen LogP contribution in [0, 0.1) is 6.92 Å². The van der Waals surface area contributed by atoms with E-state index in [0.717, 1.165) is 31.8 Å². The molecule has 1 aromatic rings. The second-order valence-electron chi connectivity index (χ2n) is 5.66. The van der Waals surface area contributed by atoms with Crippen LogP contribution in [0.15, 0.2) is 29.3 Å². The monoisotopic (exact) mass is 417 g/mol. The third-order valence-electron chi connectivity index (χ3n) is 3.80. The van der Waals surface area contributed by atoms with Gasteiger partial charge in [0.05, 0.1) is 6.61 Å². The lowest BCUT2D eigenvalue weighted by molar-refractivity contribution is 0.313. The van der Waals surface area contributed by atoms with E-state index in [2.05, 4.69) is 28.9 Å². The quantitative estimate of drug-likeness (QED) is 0.345. The number of benzene rings is 1. The number of hydrogen-bond donors (Lipinski definition) is 1. The molecule has 4 nitrogen and oxygen atoms in total. The molecule has 0 spiro atoms. The number of ether oxygens (including phenoxy) is 1. The van der Waals surface area contributed by atoms with Crippen LogP contribution >= 0.6 is 24.0 Å². The summed E-state index contributed by atoms with van der Waals surface area (Å²) in [6, 6.07) is 8.13. The molecular formula is C17H28IN3O. The highest BCUT2D eigenvalue weighted by Crippen LogP contribution is 2.11. The summed E-state index contributed by atoms with van der Waals surface area (Å²) in [7, 11) is 0. The number of rotatable bonds is 5. The van der Waals surface area contributed by atoms with Crippen LogP contribution in [0.25, 0.3) is 0 Å². The highest BCUT2D eigenvalue weighted by atomic mass is 127. The molecule has 1 saturated heterocycles. The normalized spacial score (nSPS) is 15.9. The van der Waals surface area contributed by atoms with Gasteiger partial charge in [-0.1, -0.05) is 30.5 Å². The molecule has 1 heterocycles. The van der Waals surface area contributed by atoms with E-state index in [1.54, 1.807) is 0 Å². The first kappa shape index (κ1) is 19.1. The fraction of sp³-hybridized carbons (Fsp3) is 0.588. The van der Waals surface area contributed by atoms with Crippen molar-refractivity contribution in [2.24, 2.45) is 10.7 Å². The van der Waals surface area contributed by atoms with Crippen LogP contribution < -0.4 is 10.5 Å². The van der Waals surface area contributed by atoms with E-state index >= 15 is 0 Å². The molecule has 0 radical (unpaired) electrons. The number of hydrogen-bond acceptors (Lipinski definition) is 2. The minimum Gasteiger partial charge on any atom is -0.494 e. The van der Waals surface area contributed by atoms with Gasteiger partial charge in [0.1, 0.15) is 5.75 Å². The fourth-order valence-electron chi connectivity index (χ4n) is 2.48. The topological polar surface area (TPSA) is 50.9 Å². The molecule has 0 atom stereocenters. The number of aryl methyl sites for hydroxylation is 1. The van der Waals surface area contributed by atoms with E-state index in [1.165, 1.54) is 31.2 Å². The van der Waals surface area contributed by atoms with Crippen LogP contribution in [0.5, 0.6) is 5.75 Å². The average Bonchev–Trinajstić information content (AvgIpc) is 2.78. The first-order valence-corrected chi connectivity index (χ1v) is 8.00. The summed E-state index contributed by atoms with van der Waals surface area (Å²) in [5.41, 5.74) is 7.31. The maximum atomic E-state index is 6.06. The molecule has 0 aliphatic carbocycles. The van der Waals surface area contributed by atoms with Crippen molar-refractivity contribution in [2.45, 2.75) is 39.0 Å². The van der Waals surface area contributed by atoms with E-state index in [-0.39, 0.29) is 24.0 Å². The van der Waals surface area contributed by atoms with Crippen molar-refractivity contribution in [3.8, 4) is 5.75 Å². The van der Waals surface area contributed by atoms with E-state index in [0.29, 0.717) is 12.6 Å². The Labute approximate surface area is 151 Å². The summed E-state index contributed by atoms with van der Waals surface area (Å²) in [6.45, 7) is 5.59. The minimum absolute atomic E-state index is 0. The van der Waals surface area contributed by atoms with Crippen LogP contribution in [-0.4, -0.2) is 37.1 Å². The minimum atomic E-state index is 0. The summed E-state index contributed by atoms with van der Waals surface area (Å²) in [5, 5.41) is 0. The van der Waals surface area contributed by atoms with Crippen LogP contribution in [0.4, 0.5) is 0 Å². The Morgan fingerprint density at radius 2 is 1.77 bits per heavy atom. The van der Waals surface area contributed by atoms with Gasteiger partial charge in [-0.05, 0) is 31.9 Å². The molecule has 0 amide bonds. The van der Waals surface area contributed by atoms with Gasteiger partial charge in [-0.3, -0.25) is 4.99 Å². The largest absolute Gasteiger partial charge is 0.494 e. The van der Waals surface area contributed by atoms with Gasteiger partial charge in [0.15, 0.2) is 5.96 Å². The van der Waals surface area contributed by atoms with Crippen LogP contribution in [0.2, 0.25) is 0 Å². The van der Waals surface area contributed by atoms with Crippen molar-refractivity contribution in [3.63, 3.8) is 0 Å². The highest BCUT2D eigenvalue weighted by molar-refractivity contribution is 14.0. The number of nitrogens with two attached hydrogens (primary N) is 1. The van der Waals surface area contributed by atoms with E-state index < -0.39 is 0 Å². The lowest BCUT2D eigenvalue weighted by atomic mass is 10.2. The summed E-state index contributed by atoms with van der Waals surface area (Å²) in [5.74, 6) is 1.62. The maximum Gasteiger partial charge on any atom is 0.191 e. The Hall–Kier alpha value is -0.980. The van der Waals surface area contributed by atoms with Gasteiger partial charge in [0, 0.05) is 26.1 Å². The summed E-state index contributed by atoms with van der Waals surface area (Å²) < 4.78 is 5.68. The number of guanidine groups is 1. The summed E-state index contributed by atoms with van der Waals surface area (Å²) in [6.07, 6.45) is 5.98. The lowest BCUT2D eigenvalue weighted by Gasteiger charge is -2.21. The van der Waals surface area contributed by atoms with Gasteiger partial charge < -0.3 is 15.4 Å². The predicted octanol–water partition coefficient (Wildman–Crippen LogP) is 3.57. The Kier molecular flexibility index (Phi) is 9.27. The molecule has 1 aliphatic rings. The van der Waals surface area contributed by atoms with Gasteiger partial charge >= 0.3 is 0 Å². The van der Waals surface area contributed by atoms with Crippen molar-refractivity contribution >= 4 is 29.9 Å². The lowest BCUT2D eigenvalue weighted by Crippen LogP contribution is -2.38. The van der Waals surface area contributed by atoms with E-state index in [4.69, 9.17) is 10.5 Å². The van der Waals surface area contributed by atoms with Crippen molar-refractivity contribution in [1.82, 2.24) is 4.90 Å².